The van der Waals surface area contributed by atoms with Gasteiger partial charge < -0.3 is 9.84 Å². The Hall–Kier alpha value is -0.414. The smallest absolute Gasteiger partial charge is 0.870 e. The monoisotopic (exact) mass is 486 g/mol. The van der Waals surface area contributed by atoms with Crippen molar-refractivity contribution in [3.8, 4) is 17.2 Å². The van der Waals surface area contributed by atoms with Gasteiger partial charge in [-0.2, -0.15) is 8.42 Å². The predicted octanol–water partition coefficient (Wildman–Crippen LogP) is 3.66. The summed E-state index contributed by atoms with van der Waals surface area (Å²) in [6.07, 6.45) is 13.8. The molecule has 0 unspecified atom stereocenters. The number of para-hydroxylation sites is 2. The maximum Gasteiger partial charge on any atom is 1.00 e. The van der Waals surface area contributed by atoms with E-state index in [4.69, 9.17) is 4.74 Å². The molecule has 0 spiro atoms. The molecule has 0 aliphatic carbocycles. The molecule has 0 bridgehead atoms. The van der Waals surface area contributed by atoms with Gasteiger partial charge in [0, 0.05) is 0 Å². The summed E-state index contributed by atoms with van der Waals surface area (Å²) in [5.74, 6) is 0.324. The van der Waals surface area contributed by atoms with Gasteiger partial charge in [0.25, 0.3) is 10.1 Å². The Morgan fingerprint density at radius 2 is 1.41 bits per heavy atom. The summed E-state index contributed by atoms with van der Waals surface area (Å²) in [5.41, 5.74) is 0.513. The van der Waals surface area contributed by atoms with Crippen LogP contribution in [0.25, 0.3) is 0 Å². The number of ether oxygens (including phenoxy) is 1. The van der Waals surface area contributed by atoms with Crippen molar-refractivity contribution in [3.05, 3.63) is 48.0 Å². The van der Waals surface area contributed by atoms with Gasteiger partial charge in [-0.15, -0.1) is 0 Å². The summed E-state index contributed by atoms with van der Waals surface area (Å²) in [6.45, 7) is 2.23. The fourth-order valence-corrected chi connectivity index (χ4v) is 4.44. The van der Waals surface area contributed by atoms with Gasteiger partial charge in [0.2, 0.25) is 0 Å². The van der Waals surface area contributed by atoms with E-state index >= 15 is 0 Å². The van der Waals surface area contributed by atoms with Gasteiger partial charge in [-0.3, -0.25) is 4.55 Å². The minimum Gasteiger partial charge on any atom is -0.870 e. The van der Waals surface area contributed by atoms with Gasteiger partial charge in [0.15, 0.2) is 0 Å². The summed E-state index contributed by atoms with van der Waals surface area (Å²) >= 11 is 0. The SMILES string of the molecule is CCCCCCCCCCCCCc1cc(Oc2ccccc2[O-])ccc1S(=O)(=O)O.[K+]. The van der Waals surface area contributed by atoms with Crippen LogP contribution in [-0.4, -0.2) is 13.0 Å². The van der Waals surface area contributed by atoms with Gasteiger partial charge >= 0.3 is 51.4 Å². The van der Waals surface area contributed by atoms with Crippen LogP contribution in [0.5, 0.6) is 17.2 Å². The van der Waals surface area contributed by atoms with Crippen LogP contribution in [0.3, 0.4) is 0 Å². The average molecular weight is 487 g/mol. The maximum absolute atomic E-state index is 11.9. The molecule has 2 rings (SSSR count). The van der Waals surface area contributed by atoms with Crippen molar-refractivity contribution in [2.24, 2.45) is 0 Å². The third-order valence-electron chi connectivity index (χ3n) is 5.44. The summed E-state index contributed by atoms with van der Waals surface area (Å²) in [5, 5.41) is 11.9. The van der Waals surface area contributed by atoms with Crippen LogP contribution in [-0.2, 0) is 16.5 Å². The van der Waals surface area contributed by atoms with Crippen molar-refractivity contribution < 1.29 is 74.2 Å². The normalized spacial score (nSPS) is 11.2. The first-order valence-corrected chi connectivity index (χ1v) is 12.9. The minimum atomic E-state index is -4.31. The van der Waals surface area contributed by atoms with Crippen molar-refractivity contribution in [1.29, 1.82) is 0 Å². The Morgan fingerprint density at radius 3 is 1.97 bits per heavy atom. The number of hydrogen-bond donors (Lipinski definition) is 1. The summed E-state index contributed by atoms with van der Waals surface area (Å²) in [6, 6.07) is 10.7. The molecule has 0 radical (unpaired) electrons. The van der Waals surface area contributed by atoms with E-state index in [1.54, 1.807) is 24.3 Å². The van der Waals surface area contributed by atoms with Crippen molar-refractivity contribution >= 4 is 10.1 Å². The molecule has 0 saturated carbocycles. The van der Waals surface area contributed by atoms with Crippen LogP contribution < -0.4 is 61.2 Å². The second-order valence-corrected chi connectivity index (χ2v) is 9.47. The average Bonchev–Trinajstić information content (AvgIpc) is 2.73. The van der Waals surface area contributed by atoms with Crippen molar-refractivity contribution in [1.82, 2.24) is 0 Å². The van der Waals surface area contributed by atoms with Gasteiger partial charge in [0.1, 0.15) is 11.5 Å². The van der Waals surface area contributed by atoms with Gasteiger partial charge in [-0.1, -0.05) is 95.1 Å². The first kappa shape index (κ1) is 29.6. The molecule has 2 aromatic carbocycles. The minimum absolute atomic E-state index is 0. The van der Waals surface area contributed by atoms with E-state index in [0.29, 0.717) is 17.7 Å². The van der Waals surface area contributed by atoms with Crippen molar-refractivity contribution in [2.75, 3.05) is 0 Å². The Bertz CT molecular complexity index is 899. The summed E-state index contributed by atoms with van der Waals surface area (Å²) in [4.78, 5) is -0.0951. The molecule has 0 aliphatic rings. The van der Waals surface area contributed by atoms with Crippen LogP contribution >= 0.6 is 0 Å². The van der Waals surface area contributed by atoms with Gasteiger partial charge in [0.05, 0.1) is 4.90 Å². The molecule has 5 nitrogen and oxygen atoms in total. The van der Waals surface area contributed by atoms with E-state index in [0.717, 1.165) is 19.3 Å². The molecule has 2 aromatic rings. The fourth-order valence-electron chi connectivity index (χ4n) is 3.71. The van der Waals surface area contributed by atoms with Gasteiger partial charge in [-0.25, -0.2) is 0 Å². The molecular formula is C25H35KO5S. The third-order valence-corrected chi connectivity index (χ3v) is 6.39. The molecule has 0 aliphatic heterocycles. The molecule has 0 amide bonds. The number of hydrogen-bond acceptors (Lipinski definition) is 4. The predicted molar refractivity (Wildman–Crippen MR) is 122 cm³/mol. The van der Waals surface area contributed by atoms with Crippen LogP contribution in [0.1, 0.15) is 83.1 Å². The number of benzene rings is 2. The number of unbranched alkanes of at least 4 members (excludes halogenated alkanes) is 10. The first-order valence-electron chi connectivity index (χ1n) is 11.5. The zero-order valence-corrected chi connectivity index (χ0v) is 23.5. The summed E-state index contributed by atoms with van der Waals surface area (Å²) in [7, 11) is -4.31. The summed E-state index contributed by atoms with van der Waals surface area (Å²) < 4.78 is 38.7. The Morgan fingerprint density at radius 1 is 0.844 bits per heavy atom. The zero-order valence-electron chi connectivity index (χ0n) is 19.5. The van der Waals surface area contributed by atoms with E-state index < -0.39 is 10.1 Å². The molecule has 7 heteroatoms. The standard InChI is InChI=1S/C25H36O5S.K/c1-2-3-4-5-6-7-8-9-10-11-12-15-21-20-22(18-19-25(21)31(27,28)29)30-24-17-14-13-16-23(24)26;/h13-14,16-20,26H,2-12,15H2,1H3,(H,27,28,29);/q;+1/p-1. The quantitative estimate of drug-likeness (QED) is 0.236. The van der Waals surface area contributed by atoms with Crippen LogP contribution in [0.2, 0.25) is 0 Å². The fraction of sp³-hybridized carbons (Fsp3) is 0.520. The van der Waals surface area contributed by atoms with Crippen molar-refractivity contribution in [2.45, 2.75) is 88.9 Å². The molecule has 0 atom stereocenters. The number of rotatable bonds is 15. The molecular weight excluding hydrogens is 451 g/mol. The molecule has 0 saturated heterocycles. The van der Waals surface area contributed by atoms with Crippen molar-refractivity contribution in [3.63, 3.8) is 0 Å². The van der Waals surface area contributed by atoms with E-state index in [9.17, 15) is 18.1 Å². The third kappa shape index (κ3) is 11.1. The number of aryl methyl sites for hydroxylation is 1. The van der Waals surface area contributed by atoms with Crippen LogP contribution in [0.4, 0.5) is 0 Å². The molecule has 32 heavy (non-hydrogen) atoms. The van der Waals surface area contributed by atoms with E-state index in [1.807, 2.05) is 0 Å². The Balaban J connectivity index is 0.00000512. The molecule has 0 aromatic heterocycles. The Kier molecular flexibility index (Phi) is 15.0. The van der Waals surface area contributed by atoms with E-state index in [1.165, 1.54) is 69.6 Å². The molecule has 0 fully saturated rings. The second kappa shape index (κ2) is 16.3. The molecule has 172 valence electrons. The molecule has 1 N–H and O–H groups in total. The largest absolute Gasteiger partial charge is 1.00 e. The van der Waals surface area contributed by atoms with Crippen LogP contribution in [0, 0.1) is 0 Å². The Labute approximate surface area is 236 Å². The van der Waals surface area contributed by atoms with Crippen LogP contribution in [0.15, 0.2) is 47.4 Å². The zero-order chi connectivity index (χ0) is 22.5. The van der Waals surface area contributed by atoms with Gasteiger partial charge in [-0.05, 0) is 42.7 Å². The van der Waals surface area contributed by atoms with E-state index in [-0.39, 0.29) is 67.8 Å². The molecule has 0 heterocycles. The first-order chi connectivity index (χ1) is 14.9. The second-order valence-electron chi connectivity index (χ2n) is 8.08. The van der Waals surface area contributed by atoms with E-state index in [2.05, 4.69) is 6.92 Å². The maximum atomic E-state index is 11.9. The topological polar surface area (TPSA) is 86.7 Å².